The van der Waals surface area contributed by atoms with E-state index in [1.54, 1.807) is 18.2 Å². The van der Waals surface area contributed by atoms with Gasteiger partial charge in [0.2, 0.25) is 0 Å². The van der Waals surface area contributed by atoms with Crippen molar-refractivity contribution in [3.63, 3.8) is 0 Å². The van der Waals surface area contributed by atoms with Crippen molar-refractivity contribution in [2.75, 3.05) is 18.0 Å². The van der Waals surface area contributed by atoms with Crippen LogP contribution in [0.4, 0.5) is 5.69 Å². The molecule has 0 spiro atoms. The lowest BCUT2D eigenvalue weighted by Crippen LogP contribution is -2.47. The Morgan fingerprint density at radius 3 is 2.45 bits per heavy atom. The fourth-order valence-electron chi connectivity index (χ4n) is 2.78. The maximum absolute atomic E-state index is 12.1. The third-order valence-electron chi connectivity index (χ3n) is 4.01. The molecule has 1 aliphatic rings. The minimum absolute atomic E-state index is 0.118. The lowest BCUT2D eigenvalue weighted by atomic mass is 10.0. The summed E-state index contributed by atoms with van der Waals surface area (Å²) in [6.07, 6.45) is 3.10. The topological polar surface area (TPSA) is 59.3 Å². The van der Waals surface area contributed by atoms with Gasteiger partial charge in [-0.25, -0.2) is 0 Å². The van der Waals surface area contributed by atoms with Gasteiger partial charge in [-0.1, -0.05) is 18.2 Å². The first kappa shape index (κ1) is 14.4. The van der Waals surface area contributed by atoms with Crippen LogP contribution in [0.5, 0.6) is 0 Å². The Kier molecular flexibility index (Phi) is 4.23. The maximum Gasteiger partial charge on any atom is 0.317 e. The minimum atomic E-state index is -0.297. The highest BCUT2D eigenvalue weighted by Gasteiger charge is 2.23. The molecule has 1 aliphatic heterocycles. The summed E-state index contributed by atoms with van der Waals surface area (Å²) < 4.78 is 0.606. The Morgan fingerprint density at radius 1 is 1.09 bits per heavy atom. The lowest BCUT2D eigenvalue weighted by Gasteiger charge is -2.33. The lowest BCUT2D eigenvalue weighted by molar-refractivity contribution is -0.607. The van der Waals surface area contributed by atoms with Crippen LogP contribution in [0.15, 0.2) is 54.7 Å². The van der Waals surface area contributed by atoms with E-state index in [0.29, 0.717) is 4.73 Å². The zero-order valence-corrected chi connectivity index (χ0v) is 12.3. The predicted molar refractivity (Wildman–Crippen MR) is 84.5 cm³/mol. The van der Waals surface area contributed by atoms with Crippen molar-refractivity contribution in [1.29, 1.82) is 0 Å². The monoisotopic (exact) mass is 297 g/mol. The van der Waals surface area contributed by atoms with Crippen molar-refractivity contribution in [2.45, 2.75) is 18.9 Å². The van der Waals surface area contributed by atoms with Gasteiger partial charge < -0.3 is 15.4 Å². The van der Waals surface area contributed by atoms with Crippen molar-refractivity contribution in [3.05, 3.63) is 65.6 Å². The Morgan fingerprint density at radius 2 is 1.77 bits per heavy atom. The molecule has 0 saturated carbocycles. The van der Waals surface area contributed by atoms with Crippen molar-refractivity contribution < 1.29 is 9.52 Å². The number of rotatable bonds is 3. The molecule has 1 N–H and O–H groups in total. The van der Waals surface area contributed by atoms with Crippen LogP contribution < -0.4 is 14.9 Å². The summed E-state index contributed by atoms with van der Waals surface area (Å²) >= 11 is 0. The summed E-state index contributed by atoms with van der Waals surface area (Å²) in [5.41, 5.74) is 1.36. The third-order valence-corrected chi connectivity index (χ3v) is 4.01. The van der Waals surface area contributed by atoms with Crippen LogP contribution in [0.25, 0.3) is 0 Å². The summed E-state index contributed by atoms with van der Waals surface area (Å²) in [6, 6.07) is 15.2. The summed E-state index contributed by atoms with van der Waals surface area (Å²) in [5, 5.41) is 14.5. The highest BCUT2D eigenvalue weighted by molar-refractivity contribution is 5.91. The Labute approximate surface area is 129 Å². The second-order valence-corrected chi connectivity index (χ2v) is 5.48. The van der Waals surface area contributed by atoms with E-state index in [0.717, 1.165) is 25.9 Å². The molecule has 0 radical (unpaired) electrons. The van der Waals surface area contributed by atoms with E-state index in [4.69, 9.17) is 0 Å². The van der Waals surface area contributed by atoms with Crippen LogP contribution in [-0.4, -0.2) is 25.0 Å². The number of nitrogens with zero attached hydrogens (tertiary/aromatic N) is 2. The number of para-hydroxylation sites is 1. The van der Waals surface area contributed by atoms with Crippen molar-refractivity contribution in [3.8, 4) is 0 Å². The van der Waals surface area contributed by atoms with Gasteiger partial charge in [-0.05, 0) is 31.0 Å². The van der Waals surface area contributed by atoms with E-state index in [1.807, 2.05) is 18.2 Å². The first-order chi connectivity index (χ1) is 10.7. The Hall–Kier alpha value is -2.56. The number of amides is 1. The van der Waals surface area contributed by atoms with E-state index in [9.17, 15) is 10.0 Å². The highest BCUT2D eigenvalue weighted by atomic mass is 16.5. The summed E-state index contributed by atoms with van der Waals surface area (Å²) in [4.78, 5) is 14.5. The van der Waals surface area contributed by atoms with Gasteiger partial charge in [0.1, 0.15) is 0 Å². The van der Waals surface area contributed by atoms with Crippen molar-refractivity contribution in [1.82, 2.24) is 5.32 Å². The highest BCUT2D eigenvalue weighted by Crippen LogP contribution is 2.19. The molecule has 5 nitrogen and oxygen atoms in total. The van der Waals surface area contributed by atoms with Crippen molar-refractivity contribution >= 4 is 11.6 Å². The molecule has 0 atom stereocenters. The number of hydrogen-bond acceptors (Lipinski definition) is 3. The zero-order chi connectivity index (χ0) is 15.4. The maximum atomic E-state index is 12.1. The zero-order valence-electron chi connectivity index (χ0n) is 12.3. The van der Waals surface area contributed by atoms with Gasteiger partial charge in [0.15, 0.2) is 6.20 Å². The van der Waals surface area contributed by atoms with Gasteiger partial charge in [-0.2, -0.15) is 4.73 Å². The number of carbonyl (C=O) groups excluding carboxylic acids is 1. The summed E-state index contributed by atoms with van der Waals surface area (Å²) in [6.45, 7) is 1.81. The van der Waals surface area contributed by atoms with Gasteiger partial charge in [-0.3, -0.25) is 4.79 Å². The SMILES string of the molecule is O=C(NC1CCN(c2ccccc2)CC1)c1cccc[n+]1[O-]. The van der Waals surface area contributed by atoms with Gasteiger partial charge in [0.05, 0.1) is 0 Å². The molecule has 0 bridgehead atoms. The molecule has 3 rings (SSSR count). The van der Waals surface area contributed by atoms with Crippen LogP contribution in [0.3, 0.4) is 0 Å². The number of piperidine rings is 1. The van der Waals surface area contributed by atoms with Crippen LogP contribution in [0, 0.1) is 5.21 Å². The second kappa shape index (κ2) is 6.47. The average Bonchev–Trinajstić information content (AvgIpc) is 2.57. The number of carbonyl (C=O) groups is 1. The number of nitrogens with one attached hydrogen (secondary N) is 1. The molecule has 2 aromatic rings. The third kappa shape index (κ3) is 3.19. The van der Waals surface area contributed by atoms with E-state index >= 15 is 0 Å². The molecule has 114 valence electrons. The van der Waals surface area contributed by atoms with Crippen LogP contribution in [0.1, 0.15) is 23.3 Å². The normalized spacial score (nSPS) is 15.5. The summed E-state index contributed by atoms with van der Waals surface area (Å²) in [7, 11) is 0. The molecule has 1 aromatic heterocycles. The molecule has 0 unspecified atom stereocenters. The van der Waals surface area contributed by atoms with Crippen LogP contribution in [-0.2, 0) is 0 Å². The van der Waals surface area contributed by atoms with Crippen molar-refractivity contribution in [2.24, 2.45) is 0 Å². The average molecular weight is 297 g/mol. The first-order valence-electron chi connectivity index (χ1n) is 7.53. The number of pyridine rings is 1. The standard InChI is InChI=1S/C17H19N3O2/c21-17(16-8-4-5-11-20(16)22)18-14-9-12-19(13-10-14)15-6-2-1-3-7-15/h1-8,11,14H,9-10,12-13H2,(H,18,21). The molecule has 5 heteroatoms. The molecule has 22 heavy (non-hydrogen) atoms. The number of anilines is 1. The summed E-state index contributed by atoms with van der Waals surface area (Å²) in [5.74, 6) is -0.297. The molecule has 0 aliphatic carbocycles. The minimum Gasteiger partial charge on any atom is -0.618 e. The fourth-order valence-corrected chi connectivity index (χ4v) is 2.78. The van der Waals surface area contributed by atoms with Gasteiger partial charge in [0, 0.05) is 37.0 Å². The second-order valence-electron chi connectivity index (χ2n) is 5.48. The van der Waals surface area contributed by atoms with Gasteiger partial charge in [-0.15, -0.1) is 0 Å². The largest absolute Gasteiger partial charge is 0.618 e. The number of aromatic nitrogens is 1. The smallest absolute Gasteiger partial charge is 0.317 e. The Balaban J connectivity index is 1.56. The van der Waals surface area contributed by atoms with E-state index in [2.05, 4.69) is 22.3 Å². The molecule has 1 fully saturated rings. The fraction of sp³-hybridized carbons (Fsp3) is 0.294. The van der Waals surface area contributed by atoms with E-state index in [1.165, 1.54) is 11.9 Å². The molecule has 1 aromatic carbocycles. The molecular weight excluding hydrogens is 278 g/mol. The van der Waals surface area contributed by atoms with E-state index in [-0.39, 0.29) is 17.6 Å². The Bertz CT molecular complexity index is 637. The molecular formula is C17H19N3O2. The van der Waals surface area contributed by atoms with Crippen LogP contribution in [0.2, 0.25) is 0 Å². The van der Waals surface area contributed by atoms with Gasteiger partial charge >= 0.3 is 5.91 Å². The molecule has 2 heterocycles. The van der Waals surface area contributed by atoms with Crippen LogP contribution >= 0.6 is 0 Å². The molecule has 1 saturated heterocycles. The quantitative estimate of drug-likeness (QED) is 0.693. The predicted octanol–water partition coefficient (Wildman–Crippen LogP) is 1.72. The first-order valence-corrected chi connectivity index (χ1v) is 7.53. The number of benzene rings is 1. The number of hydrogen-bond donors (Lipinski definition) is 1. The van der Waals surface area contributed by atoms with Gasteiger partial charge in [0.25, 0.3) is 5.69 Å². The molecule has 1 amide bonds. The van der Waals surface area contributed by atoms with E-state index < -0.39 is 0 Å².